The Morgan fingerprint density at radius 1 is 1.20 bits per heavy atom. The minimum absolute atomic E-state index is 0.366. The number of carboxylic acids is 1. The summed E-state index contributed by atoms with van der Waals surface area (Å²) in [4.78, 5) is 38.3. The highest BCUT2D eigenvalue weighted by atomic mass is 16.5. The van der Waals surface area contributed by atoms with E-state index in [4.69, 9.17) is 4.74 Å². The fraction of sp³-hybridized carbons (Fsp3) is 0.409. The normalized spacial score (nSPS) is 16.9. The van der Waals surface area contributed by atoms with Crippen molar-refractivity contribution in [2.45, 2.75) is 45.7 Å². The van der Waals surface area contributed by atoms with Crippen molar-refractivity contribution in [3.63, 3.8) is 0 Å². The fourth-order valence-corrected chi connectivity index (χ4v) is 3.99. The van der Waals surface area contributed by atoms with E-state index in [2.05, 4.69) is 5.32 Å². The molecule has 3 rings (SSSR count). The molecule has 2 aromatic rings. The van der Waals surface area contributed by atoms with Crippen LogP contribution in [0.3, 0.4) is 0 Å². The number of aromatic nitrogens is 1. The molecule has 8 nitrogen and oxygen atoms in total. The maximum atomic E-state index is 12.9. The maximum Gasteiger partial charge on any atom is 0.326 e. The number of likely N-dealkylation sites (tertiary alicyclic amines) is 1. The van der Waals surface area contributed by atoms with Gasteiger partial charge in [0.15, 0.2) is 0 Å². The quantitative estimate of drug-likeness (QED) is 0.757. The van der Waals surface area contributed by atoms with Crippen molar-refractivity contribution in [1.29, 1.82) is 0 Å². The first kappa shape index (κ1) is 21.4. The average molecular weight is 413 g/mol. The van der Waals surface area contributed by atoms with Crippen LogP contribution >= 0.6 is 0 Å². The predicted octanol–water partition coefficient (Wildman–Crippen LogP) is 2.30. The van der Waals surface area contributed by atoms with Crippen molar-refractivity contribution < 1.29 is 24.2 Å². The first-order valence-corrected chi connectivity index (χ1v) is 9.92. The Hall–Kier alpha value is -3.29. The number of methoxy groups -OCH3 is 1. The maximum absolute atomic E-state index is 12.9. The molecule has 2 atom stereocenters. The molecule has 2 unspecified atom stereocenters. The number of carbonyl (C=O) groups excluding carboxylic acids is 2. The summed E-state index contributed by atoms with van der Waals surface area (Å²) in [6.45, 7) is 5.73. The van der Waals surface area contributed by atoms with E-state index in [1.165, 1.54) is 4.90 Å². The van der Waals surface area contributed by atoms with Crippen LogP contribution in [0.5, 0.6) is 5.75 Å². The molecule has 160 valence electrons. The first-order chi connectivity index (χ1) is 14.2. The lowest BCUT2D eigenvalue weighted by atomic mass is 10.2. The third-order valence-corrected chi connectivity index (χ3v) is 5.55. The van der Waals surface area contributed by atoms with Crippen LogP contribution < -0.4 is 10.1 Å². The lowest BCUT2D eigenvalue weighted by Gasteiger charge is -2.25. The standard InChI is InChI=1S/C22H27N3O5/c1-13-12-18(15(3)25(13)16-7-9-17(30-4)10-8-16)20(26)23-14(2)21(27)24-11-5-6-19(24)22(28)29/h7-10,12,14,19H,5-6,11H2,1-4H3,(H,23,26)(H,28,29). The number of nitrogens with zero attached hydrogens (tertiary/aromatic N) is 2. The molecular weight excluding hydrogens is 386 g/mol. The summed E-state index contributed by atoms with van der Waals surface area (Å²) in [5, 5.41) is 12.0. The number of rotatable bonds is 6. The summed E-state index contributed by atoms with van der Waals surface area (Å²) >= 11 is 0. The number of ether oxygens (including phenoxy) is 1. The van der Waals surface area contributed by atoms with E-state index < -0.39 is 18.1 Å². The third-order valence-electron chi connectivity index (χ3n) is 5.55. The molecule has 8 heteroatoms. The van der Waals surface area contributed by atoms with Gasteiger partial charge in [-0.1, -0.05) is 0 Å². The molecule has 0 bridgehead atoms. The van der Waals surface area contributed by atoms with Gasteiger partial charge in [-0.3, -0.25) is 9.59 Å². The van der Waals surface area contributed by atoms with Crippen molar-refractivity contribution in [3.05, 3.63) is 47.3 Å². The van der Waals surface area contributed by atoms with E-state index in [0.29, 0.717) is 24.9 Å². The lowest BCUT2D eigenvalue weighted by Crippen LogP contribution is -2.50. The van der Waals surface area contributed by atoms with Crippen molar-refractivity contribution >= 4 is 17.8 Å². The highest BCUT2D eigenvalue weighted by Gasteiger charge is 2.36. The van der Waals surface area contributed by atoms with Gasteiger partial charge >= 0.3 is 5.97 Å². The molecule has 2 amide bonds. The van der Waals surface area contributed by atoms with Crippen molar-refractivity contribution in [1.82, 2.24) is 14.8 Å². The summed E-state index contributed by atoms with van der Waals surface area (Å²) in [6.07, 6.45) is 1.08. The summed E-state index contributed by atoms with van der Waals surface area (Å²) in [7, 11) is 1.60. The van der Waals surface area contributed by atoms with Crippen molar-refractivity contribution in [2.75, 3.05) is 13.7 Å². The number of nitrogens with one attached hydrogen (secondary N) is 1. The SMILES string of the molecule is COc1ccc(-n2c(C)cc(C(=O)NC(C)C(=O)N3CCCC3C(=O)O)c2C)cc1. The zero-order valence-electron chi connectivity index (χ0n) is 17.6. The molecule has 1 aliphatic rings. The molecule has 0 aliphatic carbocycles. The molecule has 1 aromatic heterocycles. The molecule has 1 aliphatic heterocycles. The van der Waals surface area contributed by atoms with E-state index in [1.807, 2.05) is 42.7 Å². The highest BCUT2D eigenvalue weighted by molar-refractivity contribution is 5.99. The van der Waals surface area contributed by atoms with Crippen LogP contribution in [-0.2, 0) is 9.59 Å². The zero-order valence-corrected chi connectivity index (χ0v) is 17.6. The Balaban J connectivity index is 1.77. The topological polar surface area (TPSA) is 101 Å². The number of carboxylic acid groups (broad SMARTS) is 1. The van der Waals surface area contributed by atoms with Gasteiger partial charge in [-0.05, 0) is 63.9 Å². The van der Waals surface area contributed by atoms with Crippen LogP contribution in [-0.4, -0.2) is 58.1 Å². The second kappa shape index (κ2) is 8.61. The van der Waals surface area contributed by atoms with Crippen LogP contribution in [0.2, 0.25) is 0 Å². The number of amides is 2. The molecule has 0 saturated carbocycles. The van der Waals surface area contributed by atoms with Crippen LogP contribution in [0.1, 0.15) is 41.5 Å². The van der Waals surface area contributed by atoms with Gasteiger partial charge in [0.25, 0.3) is 5.91 Å². The Morgan fingerprint density at radius 3 is 2.47 bits per heavy atom. The van der Waals surface area contributed by atoms with Crippen molar-refractivity contribution in [3.8, 4) is 11.4 Å². The van der Waals surface area contributed by atoms with Crippen LogP contribution in [0, 0.1) is 13.8 Å². The lowest BCUT2D eigenvalue weighted by molar-refractivity contribution is -0.148. The number of aliphatic carboxylic acids is 1. The predicted molar refractivity (Wildman–Crippen MR) is 111 cm³/mol. The van der Waals surface area contributed by atoms with Gasteiger partial charge in [0, 0.05) is 23.6 Å². The van der Waals surface area contributed by atoms with E-state index >= 15 is 0 Å². The van der Waals surface area contributed by atoms with E-state index in [1.54, 1.807) is 20.1 Å². The molecule has 2 N–H and O–H groups in total. The van der Waals surface area contributed by atoms with Gasteiger partial charge in [-0.25, -0.2) is 4.79 Å². The number of carbonyl (C=O) groups is 3. The third kappa shape index (κ3) is 4.03. The monoisotopic (exact) mass is 413 g/mol. The highest BCUT2D eigenvalue weighted by Crippen LogP contribution is 2.23. The number of hydrogen-bond acceptors (Lipinski definition) is 4. The number of hydrogen-bond donors (Lipinski definition) is 2. The van der Waals surface area contributed by atoms with Gasteiger partial charge in [0.05, 0.1) is 12.7 Å². The molecular formula is C22H27N3O5. The Kier molecular flexibility index (Phi) is 6.14. The van der Waals surface area contributed by atoms with Gasteiger partial charge in [-0.15, -0.1) is 0 Å². The van der Waals surface area contributed by atoms with E-state index in [9.17, 15) is 19.5 Å². The fourth-order valence-electron chi connectivity index (χ4n) is 3.99. The molecule has 1 saturated heterocycles. The van der Waals surface area contributed by atoms with E-state index in [0.717, 1.165) is 22.8 Å². The molecule has 1 fully saturated rings. The summed E-state index contributed by atoms with van der Waals surface area (Å²) in [5.41, 5.74) is 3.00. The zero-order chi connectivity index (χ0) is 22.0. The Bertz CT molecular complexity index is 964. The second-order valence-electron chi connectivity index (χ2n) is 7.54. The minimum Gasteiger partial charge on any atom is -0.497 e. The summed E-state index contributed by atoms with van der Waals surface area (Å²) in [6, 6.07) is 7.66. The minimum atomic E-state index is -1.01. The summed E-state index contributed by atoms with van der Waals surface area (Å²) < 4.78 is 7.15. The van der Waals surface area contributed by atoms with Crippen LogP contribution in [0.15, 0.2) is 30.3 Å². The number of benzene rings is 1. The van der Waals surface area contributed by atoms with Gasteiger partial charge in [0.2, 0.25) is 5.91 Å². The van der Waals surface area contributed by atoms with Crippen molar-refractivity contribution in [2.24, 2.45) is 0 Å². The van der Waals surface area contributed by atoms with E-state index in [-0.39, 0.29) is 11.8 Å². The van der Waals surface area contributed by atoms with Crippen LogP contribution in [0.25, 0.3) is 5.69 Å². The van der Waals surface area contributed by atoms with Gasteiger partial charge in [0.1, 0.15) is 17.8 Å². The summed E-state index contributed by atoms with van der Waals surface area (Å²) in [5.74, 6) is -1.01. The molecule has 0 radical (unpaired) electrons. The smallest absolute Gasteiger partial charge is 0.326 e. The van der Waals surface area contributed by atoms with Crippen LogP contribution in [0.4, 0.5) is 0 Å². The second-order valence-corrected chi connectivity index (χ2v) is 7.54. The first-order valence-electron chi connectivity index (χ1n) is 9.92. The molecule has 0 spiro atoms. The van der Waals surface area contributed by atoms with Gasteiger partial charge < -0.3 is 24.6 Å². The Labute approximate surface area is 175 Å². The Morgan fingerprint density at radius 2 is 1.87 bits per heavy atom. The average Bonchev–Trinajstić information content (AvgIpc) is 3.32. The largest absolute Gasteiger partial charge is 0.497 e. The molecule has 1 aromatic carbocycles. The number of aryl methyl sites for hydroxylation is 1. The molecule has 2 heterocycles. The molecule has 30 heavy (non-hydrogen) atoms. The van der Waals surface area contributed by atoms with Gasteiger partial charge in [-0.2, -0.15) is 0 Å².